The highest BCUT2D eigenvalue weighted by atomic mass is 19.1. The highest BCUT2D eigenvalue weighted by molar-refractivity contribution is 5.97. The first-order valence-electron chi connectivity index (χ1n) is 10.2. The third-order valence-corrected chi connectivity index (χ3v) is 6.25. The molecule has 10 nitrogen and oxygen atoms in total. The normalized spacial score (nSPS) is 23.9. The second-order valence-electron chi connectivity index (χ2n) is 8.28. The van der Waals surface area contributed by atoms with E-state index < -0.39 is 28.9 Å². The Morgan fingerprint density at radius 2 is 2.00 bits per heavy atom. The van der Waals surface area contributed by atoms with Crippen LogP contribution in [-0.2, 0) is 15.1 Å². The summed E-state index contributed by atoms with van der Waals surface area (Å²) in [6.07, 6.45) is 4.24. The van der Waals surface area contributed by atoms with Crippen molar-refractivity contribution in [3.8, 4) is 11.4 Å². The fourth-order valence-corrected chi connectivity index (χ4v) is 4.41. The minimum Gasteiger partial charge on any atom is -0.619 e. The molecule has 3 N–H and O–H groups in total. The third kappa shape index (κ3) is 3.46. The molecule has 1 aromatic carbocycles. The van der Waals surface area contributed by atoms with Crippen LogP contribution in [0.3, 0.4) is 0 Å². The topological polar surface area (TPSA) is 141 Å². The molecule has 5 rings (SSSR count). The number of nitrogens with one attached hydrogen (secondary N) is 1. The summed E-state index contributed by atoms with van der Waals surface area (Å²) < 4.78 is 21.4. The van der Waals surface area contributed by atoms with Crippen LogP contribution in [0.15, 0.2) is 48.9 Å². The Hall–Kier alpha value is -3.99. The maximum Gasteiger partial charge on any atom is 0.339 e. The molecule has 170 valence electrons. The number of pyridine rings is 1. The lowest BCUT2D eigenvalue weighted by Crippen LogP contribution is -2.49. The zero-order chi connectivity index (χ0) is 23.4. The lowest BCUT2D eigenvalue weighted by Gasteiger charge is -2.39. The summed E-state index contributed by atoms with van der Waals surface area (Å²) in [5.41, 5.74) is -1.95. The summed E-state index contributed by atoms with van der Waals surface area (Å²) in [6, 6.07) is 6.43. The number of phenols is 1. The minimum atomic E-state index is -1.74. The van der Waals surface area contributed by atoms with Crippen molar-refractivity contribution in [3.63, 3.8) is 0 Å². The molecule has 0 radical (unpaired) electrons. The van der Waals surface area contributed by atoms with Gasteiger partial charge in [0, 0.05) is 24.4 Å². The number of carbonyl (C=O) groups is 2. The molecule has 0 atom stereocenters. The van der Waals surface area contributed by atoms with Crippen LogP contribution < -0.4 is 10.0 Å². The van der Waals surface area contributed by atoms with Crippen molar-refractivity contribution in [2.75, 3.05) is 5.32 Å². The highest BCUT2D eigenvalue weighted by Gasteiger charge is 2.54. The van der Waals surface area contributed by atoms with Gasteiger partial charge in [-0.2, -0.15) is 4.73 Å². The van der Waals surface area contributed by atoms with Gasteiger partial charge in [-0.15, -0.1) is 5.10 Å². The SMILES string of the molecule is O=C1OC2(CCC(O)(C(=O)Nc3ccn(-c4ccc(O)cc4F)n3)CC2)c2c[n+]([O-])ccc21. The second kappa shape index (κ2) is 7.27. The van der Waals surface area contributed by atoms with Crippen LogP contribution in [0, 0.1) is 11.0 Å². The van der Waals surface area contributed by atoms with Gasteiger partial charge in [0.25, 0.3) is 5.91 Å². The number of phenolic OH excluding ortho intramolecular Hbond substituents is 1. The van der Waals surface area contributed by atoms with Crippen molar-refractivity contribution in [3.05, 3.63) is 71.1 Å². The van der Waals surface area contributed by atoms with E-state index in [0.717, 1.165) is 6.07 Å². The summed E-state index contributed by atoms with van der Waals surface area (Å²) in [7, 11) is 0. The van der Waals surface area contributed by atoms with Crippen molar-refractivity contribution in [2.45, 2.75) is 36.9 Å². The molecule has 1 fully saturated rings. The lowest BCUT2D eigenvalue weighted by atomic mass is 9.73. The fourth-order valence-electron chi connectivity index (χ4n) is 4.41. The van der Waals surface area contributed by atoms with Crippen molar-refractivity contribution in [2.24, 2.45) is 0 Å². The van der Waals surface area contributed by atoms with E-state index in [1.165, 1.54) is 47.5 Å². The maximum atomic E-state index is 14.1. The van der Waals surface area contributed by atoms with Gasteiger partial charge in [-0.1, -0.05) is 0 Å². The van der Waals surface area contributed by atoms with Gasteiger partial charge in [0.05, 0.1) is 11.1 Å². The number of anilines is 1. The number of aromatic nitrogens is 3. The summed E-state index contributed by atoms with van der Waals surface area (Å²) in [4.78, 5) is 25.1. The van der Waals surface area contributed by atoms with E-state index in [9.17, 15) is 29.4 Å². The Morgan fingerprint density at radius 1 is 1.24 bits per heavy atom. The molecular formula is C22H19FN4O6. The second-order valence-corrected chi connectivity index (χ2v) is 8.28. The predicted molar refractivity (Wildman–Crippen MR) is 110 cm³/mol. The van der Waals surface area contributed by atoms with Crippen molar-refractivity contribution in [1.29, 1.82) is 0 Å². The maximum absolute atomic E-state index is 14.1. The molecule has 1 spiro atoms. The Labute approximate surface area is 186 Å². The number of hydrogen-bond acceptors (Lipinski definition) is 7. The van der Waals surface area contributed by atoms with Crippen molar-refractivity contribution >= 4 is 17.7 Å². The third-order valence-electron chi connectivity index (χ3n) is 6.25. The summed E-state index contributed by atoms with van der Waals surface area (Å²) >= 11 is 0. The summed E-state index contributed by atoms with van der Waals surface area (Å²) in [5, 5.41) is 38.7. The molecular weight excluding hydrogens is 435 g/mol. The van der Waals surface area contributed by atoms with E-state index >= 15 is 0 Å². The molecule has 1 aliphatic carbocycles. The average Bonchev–Trinajstić information content (AvgIpc) is 3.33. The van der Waals surface area contributed by atoms with Crippen LogP contribution in [-0.4, -0.2) is 37.5 Å². The number of halogens is 1. The van der Waals surface area contributed by atoms with Crippen LogP contribution in [0.1, 0.15) is 41.6 Å². The lowest BCUT2D eigenvalue weighted by molar-refractivity contribution is -0.606. The van der Waals surface area contributed by atoms with E-state index in [4.69, 9.17) is 4.74 Å². The molecule has 11 heteroatoms. The van der Waals surface area contributed by atoms with Gasteiger partial charge in [-0.25, -0.2) is 13.9 Å². The number of amides is 1. The van der Waals surface area contributed by atoms with Gasteiger partial charge in [0.1, 0.15) is 22.6 Å². The van der Waals surface area contributed by atoms with Crippen LogP contribution in [0.5, 0.6) is 5.75 Å². The quantitative estimate of drug-likeness (QED) is 0.311. The number of carbonyl (C=O) groups excluding carboxylic acids is 2. The van der Waals surface area contributed by atoms with Gasteiger partial charge in [-0.05, 0) is 37.8 Å². The molecule has 1 aliphatic heterocycles. The van der Waals surface area contributed by atoms with Crippen molar-refractivity contribution < 1.29 is 33.7 Å². The predicted octanol–water partition coefficient (Wildman–Crippen LogP) is 1.66. The van der Waals surface area contributed by atoms with E-state index in [1.807, 2.05) is 0 Å². The molecule has 3 aromatic rings. The molecule has 1 amide bonds. The number of aromatic hydroxyl groups is 1. The van der Waals surface area contributed by atoms with Crippen LogP contribution in [0.25, 0.3) is 5.69 Å². The first-order valence-corrected chi connectivity index (χ1v) is 10.2. The molecule has 2 aliphatic rings. The molecule has 2 aromatic heterocycles. The number of nitrogens with zero attached hydrogens (tertiary/aromatic N) is 3. The molecule has 0 saturated heterocycles. The van der Waals surface area contributed by atoms with Gasteiger partial charge >= 0.3 is 5.97 Å². The summed E-state index contributed by atoms with van der Waals surface area (Å²) in [6.45, 7) is 0. The smallest absolute Gasteiger partial charge is 0.339 e. The van der Waals surface area contributed by atoms with Gasteiger partial charge in [0.2, 0.25) is 0 Å². The molecule has 33 heavy (non-hydrogen) atoms. The summed E-state index contributed by atoms with van der Waals surface area (Å²) in [5.74, 6) is -2.04. The van der Waals surface area contributed by atoms with Crippen LogP contribution in [0.2, 0.25) is 0 Å². The number of fused-ring (bicyclic) bond motifs is 2. The Kier molecular flexibility index (Phi) is 4.60. The molecule has 0 unspecified atom stereocenters. The Balaban J connectivity index is 1.30. The van der Waals surface area contributed by atoms with Crippen molar-refractivity contribution in [1.82, 2.24) is 9.78 Å². The molecule has 3 heterocycles. The van der Waals surface area contributed by atoms with E-state index in [2.05, 4.69) is 10.4 Å². The molecule has 0 bridgehead atoms. The average molecular weight is 454 g/mol. The number of aliphatic hydroxyl groups is 1. The van der Waals surface area contributed by atoms with E-state index in [1.54, 1.807) is 0 Å². The van der Waals surface area contributed by atoms with Crippen LogP contribution >= 0.6 is 0 Å². The monoisotopic (exact) mass is 454 g/mol. The number of ether oxygens (including phenoxy) is 1. The first-order chi connectivity index (χ1) is 15.7. The van der Waals surface area contributed by atoms with E-state index in [-0.39, 0.29) is 42.9 Å². The zero-order valence-corrected chi connectivity index (χ0v) is 17.2. The van der Waals surface area contributed by atoms with Gasteiger partial charge in [0.15, 0.2) is 24.0 Å². The van der Waals surface area contributed by atoms with E-state index in [0.29, 0.717) is 15.9 Å². The van der Waals surface area contributed by atoms with Crippen LogP contribution in [0.4, 0.5) is 10.2 Å². The standard InChI is InChI=1S/C22H19FN4O6/c23-16-11-13(28)1-2-17(16)27-10-4-18(25-27)24-20(30)21(31)5-7-22(8-6-21)15-12-26(32)9-3-14(15)19(29)33-22/h1-4,9-12,28,31H,5-8H2,(H,24,25,30). The van der Waals surface area contributed by atoms with Gasteiger partial charge in [-0.3, -0.25) is 4.79 Å². The number of hydrogen-bond donors (Lipinski definition) is 3. The number of esters is 1. The van der Waals surface area contributed by atoms with Gasteiger partial charge < -0.3 is 25.5 Å². The Morgan fingerprint density at radius 3 is 2.73 bits per heavy atom. The fraction of sp³-hybridized carbons (Fsp3) is 0.273. The number of rotatable bonds is 3. The Bertz CT molecular complexity index is 1280. The zero-order valence-electron chi connectivity index (χ0n) is 17.2. The number of benzene rings is 1. The minimum absolute atomic E-state index is 0.00734. The highest BCUT2D eigenvalue weighted by Crippen LogP contribution is 2.48. The largest absolute Gasteiger partial charge is 0.619 e. The first kappa shape index (κ1) is 20.9. The molecule has 1 saturated carbocycles.